The molecule has 0 spiro atoms. The molecule has 0 radical (unpaired) electrons. The smallest absolute Gasteiger partial charge is 0.254 e. The third kappa shape index (κ3) is 4.05. The highest BCUT2D eigenvalue weighted by Crippen LogP contribution is 2.25. The van der Waals surface area contributed by atoms with Gasteiger partial charge in [0.2, 0.25) is 10.0 Å². The van der Waals surface area contributed by atoms with Crippen LogP contribution in [0.15, 0.2) is 23.1 Å². The molecule has 150 valence electrons. The maximum absolute atomic E-state index is 13.1. The Kier molecular flexibility index (Phi) is 5.65. The molecule has 3 rings (SSSR count). The van der Waals surface area contributed by atoms with Crippen LogP contribution in [0, 0.1) is 6.92 Å². The van der Waals surface area contributed by atoms with Gasteiger partial charge in [-0.3, -0.25) is 4.79 Å². The number of aryl methyl sites for hydroxylation is 1. The van der Waals surface area contributed by atoms with Crippen molar-refractivity contribution in [1.29, 1.82) is 0 Å². The van der Waals surface area contributed by atoms with E-state index in [4.69, 9.17) is 0 Å². The highest BCUT2D eigenvalue weighted by molar-refractivity contribution is 7.91. The van der Waals surface area contributed by atoms with Gasteiger partial charge in [0.1, 0.15) is 0 Å². The molecule has 9 heteroatoms. The summed E-state index contributed by atoms with van der Waals surface area (Å²) < 4.78 is 50.7. The van der Waals surface area contributed by atoms with Gasteiger partial charge in [-0.25, -0.2) is 16.8 Å². The maximum Gasteiger partial charge on any atom is 0.254 e. The van der Waals surface area contributed by atoms with Crippen molar-refractivity contribution in [3.63, 3.8) is 0 Å². The van der Waals surface area contributed by atoms with Crippen molar-refractivity contribution < 1.29 is 21.6 Å². The molecule has 27 heavy (non-hydrogen) atoms. The molecular weight excluding hydrogens is 388 g/mol. The SMILES string of the molecule is CCN(C(=O)c1cc(S(=O)(=O)N2CCCC2)ccc1C)[C@H]1CCS(=O)(=O)C1. The Bertz CT molecular complexity index is 934. The quantitative estimate of drug-likeness (QED) is 0.727. The second-order valence-corrected chi connectivity index (χ2v) is 11.4. The van der Waals surface area contributed by atoms with Crippen LogP contribution in [0.1, 0.15) is 42.1 Å². The van der Waals surface area contributed by atoms with Gasteiger partial charge in [0.05, 0.1) is 16.4 Å². The van der Waals surface area contributed by atoms with Crippen LogP contribution >= 0.6 is 0 Å². The molecule has 0 N–H and O–H groups in total. The van der Waals surface area contributed by atoms with Gasteiger partial charge in [0, 0.05) is 31.2 Å². The fraction of sp³-hybridized carbons (Fsp3) is 0.611. The molecule has 0 bridgehead atoms. The molecule has 0 saturated carbocycles. The summed E-state index contributed by atoms with van der Waals surface area (Å²) in [6, 6.07) is 4.27. The Balaban J connectivity index is 1.92. The van der Waals surface area contributed by atoms with Crippen LogP contribution in [0.25, 0.3) is 0 Å². The molecule has 0 unspecified atom stereocenters. The lowest BCUT2D eigenvalue weighted by Gasteiger charge is -2.28. The van der Waals surface area contributed by atoms with Gasteiger partial charge < -0.3 is 4.90 Å². The molecule has 2 aliphatic rings. The molecule has 2 fully saturated rings. The number of benzene rings is 1. The number of nitrogens with zero attached hydrogens (tertiary/aromatic N) is 2. The summed E-state index contributed by atoms with van der Waals surface area (Å²) in [4.78, 5) is 14.8. The molecule has 1 amide bonds. The summed E-state index contributed by atoms with van der Waals surface area (Å²) in [5.74, 6) is -0.253. The fourth-order valence-corrected chi connectivity index (χ4v) is 7.09. The number of carbonyl (C=O) groups excluding carboxylic acids is 1. The highest BCUT2D eigenvalue weighted by atomic mass is 32.2. The molecule has 2 heterocycles. The number of hydrogen-bond donors (Lipinski definition) is 0. The zero-order valence-corrected chi connectivity index (χ0v) is 17.4. The first-order valence-corrected chi connectivity index (χ1v) is 12.5. The van der Waals surface area contributed by atoms with E-state index in [1.165, 1.54) is 16.4 Å². The number of amides is 1. The van der Waals surface area contributed by atoms with Crippen molar-refractivity contribution in [3.05, 3.63) is 29.3 Å². The Morgan fingerprint density at radius 3 is 2.48 bits per heavy atom. The number of sulfonamides is 1. The molecule has 2 aliphatic heterocycles. The number of hydrogen-bond acceptors (Lipinski definition) is 5. The minimum absolute atomic E-state index is 0.0304. The summed E-state index contributed by atoms with van der Waals surface area (Å²) in [7, 11) is -6.73. The number of rotatable bonds is 5. The van der Waals surface area contributed by atoms with Gasteiger partial charge in [-0.2, -0.15) is 4.31 Å². The molecule has 1 aromatic rings. The van der Waals surface area contributed by atoms with Crippen LogP contribution in [-0.4, -0.2) is 69.1 Å². The summed E-state index contributed by atoms with van der Waals surface area (Å²) >= 11 is 0. The van der Waals surface area contributed by atoms with Gasteiger partial charge >= 0.3 is 0 Å². The largest absolute Gasteiger partial charge is 0.335 e. The molecule has 1 aromatic carbocycles. The summed E-state index contributed by atoms with van der Waals surface area (Å²) in [6.45, 7) is 4.95. The minimum atomic E-state index is -3.61. The van der Waals surface area contributed by atoms with Crippen molar-refractivity contribution in [2.45, 2.75) is 44.0 Å². The van der Waals surface area contributed by atoms with E-state index in [-0.39, 0.29) is 28.4 Å². The second kappa shape index (κ2) is 7.52. The van der Waals surface area contributed by atoms with E-state index in [0.29, 0.717) is 37.2 Å². The van der Waals surface area contributed by atoms with Crippen LogP contribution in [0.2, 0.25) is 0 Å². The lowest BCUT2D eigenvalue weighted by atomic mass is 10.1. The first kappa shape index (κ1) is 20.3. The van der Waals surface area contributed by atoms with Gasteiger partial charge in [-0.15, -0.1) is 0 Å². The molecule has 7 nitrogen and oxygen atoms in total. The van der Waals surface area contributed by atoms with Gasteiger partial charge in [-0.05, 0) is 50.8 Å². The van der Waals surface area contributed by atoms with Crippen molar-refractivity contribution >= 4 is 25.8 Å². The summed E-state index contributed by atoms with van der Waals surface area (Å²) in [6.07, 6.45) is 2.11. The van der Waals surface area contributed by atoms with E-state index >= 15 is 0 Å². The van der Waals surface area contributed by atoms with Gasteiger partial charge in [0.25, 0.3) is 5.91 Å². The van der Waals surface area contributed by atoms with Crippen molar-refractivity contribution in [1.82, 2.24) is 9.21 Å². The number of carbonyl (C=O) groups is 1. The zero-order chi connectivity index (χ0) is 19.8. The number of sulfone groups is 1. The molecule has 0 aromatic heterocycles. The van der Waals surface area contributed by atoms with Crippen LogP contribution in [0.4, 0.5) is 0 Å². The summed E-state index contributed by atoms with van der Waals surface area (Å²) in [5.41, 5.74) is 1.00. The fourth-order valence-electron chi connectivity index (χ4n) is 3.81. The average Bonchev–Trinajstić information content (AvgIpc) is 3.26. The van der Waals surface area contributed by atoms with E-state index in [9.17, 15) is 21.6 Å². The lowest BCUT2D eigenvalue weighted by molar-refractivity contribution is 0.0707. The van der Waals surface area contributed by atoms with Crippen LogP contribution in [0.3, 0.4) is 0 Å². The van der Waals surface area contributed by atoms with Crippen molar-refractivity contribution in [3.8, 4) is 0 Å². The Morgan fingerprint density at radius 2 is 1.93 bits per heavy atom. The third-order valence-corrected chi connectivity index (χ3v) is 9.04. The normalized spacial score (nSPS) is 22.8. The third-order valence-electron chi connectivity index (χ3n) is 5.39. The average molecular weight is 415 g/mol. The Labute approximate surface area is 161 Å². The van der Waals surface area contributed by atoms with E-state index < -0.39 is 19.9 Å². The lowest BCUT2D eigenvalue weighted by Crippen LogP contribution is -2.41. The highest BCUT2D eigenvalue weighted by Gasteiger charge is 2.35. The molecule has 0 aliphatic carbocycles. The van der Waals surface area contributed by atoms with Crippen LogP contribution < -0.4 is 0 Å². The van der Waals surface area contributed by atoms with Crippen molar-refractivity contribution in [2.75, 3.05) is 31.1 Å². The topological polar surface area (TPSA) is 91.8 Å². The van der Waals surface area contributed by atoms with E-state index in [2.05, 4.69) is 0 Å². The van der Waals surface area contributed by atoms with E-state index in [1.807, 2.05) is 6.92 Å². The van der Waals surface area contributed by atoms with Crippen LogP contribution in [-0.2, 0) is 19.9 Å². The standard InChI is InChI=1S/C18H26N2O5S2/c1-3-20(15-8-11-26(22,23)13-15)18(21)17-12-16(7-6-14(17)2)27(24,25)19-9-4-5-10-19/h6-7,12,15H,3-5,8-11,13H2,1-2H3/t15-/m0/s1. The van der Waals surface area contributed by atoms with Crippen molar-refractivity contribution in [2.24, 2.45) is 0 Å². The molecule has 2 saturated heterocycles. The minimum Gasteiger partial charge on any atom is -0.335 e. The molecular formula is C18H26N2O5S2. The monoisotopic (exact) mass is 414 g/mol. The van der Waals surface area contributed by atoms with Gasteiger partial charge in [0.15, 0.2) is 9.84 Å². The first-order valence-electron chi connectivity index (χ1n) is 9.28. The Hall–Kier alpha value is -1.45. The van der Waals surface area contributed by atoms with Gasteiger partial charge in [-0.1, -0.05) is 6.07 Å². The predicted octanol–water partition coefficient (Wildman–Crippen LogP) is 1.43. The second-order valence-electron chi connectivity index (χ2n) is 7.24. The van der Waals surface area contributed by atoms with Crippen LogP contribution in [0.5, 0.6) is 0 Å². The predicted molar refractivity (Wildman–Crippen MR) is 103 cm³/mol. The Morgan fingerprint density at radius 1 is 1.26 bits per heavy atom. The molecule has 1 atom stereocenters. The maximum atomic E-state index is 13.1. The van der Waals surface area contributed by atoms with E-state index in [0.717, 1.165) is 12.8 Å². The zero-order valence-electron chi connectivity index (χ0n) is 15.7. The van der Waals surface area contributed by atoms with E-state index in [1.54, 1.807) is 17.9 Å². The first-order chi connectivity index (χ1) is 12.7. The summed E-state index contributed by atoms with van der Waals surface area (Å²) in [5, 5.41) is 0.